The van der Waals surface area contributed by atoms with Crippen molar-refractivity contribution in [1.29, 1.82) is 0 Å². The molecule has 2 unspecified atom stereocenters. The highest BCUT2D eigenvalue weighted by molar-refractivity contribution is 6.24. The van der Waals surface area contributed by atoms with E-state index in [0.717, 1.165) is 101 Å². The SMILES string of the molecule is CC1(C)c2ccccc2-c2ccc(N(c3ccccc3)c3ccc(N4c5ccc6c(oc7c6ccc6c7c7ccccc7n6-c6ccc(-c7ccc(N(c8ccccc8)c8ccccc8)cc7)cc6)c5C5(C)C=CC=CC45)cc3)cc21. The summed E-state index contributed by atoms with van der Waals surface area (Å²) in [7, 11) is 0. The summed E-state index contributed by atoms with van der Waals surface area (Å²) in [5.41, 5.74) is 22.7. The van der Waals surface area contributed by atoms with Crippen LogP contribution in [-0.4, -0.2) is 10.6 Å². The molecule has 2 aliphatic carbocycles. The zero-order valence-electron chi connectivity index (χ0n) is 45.3. The van der Waals surface area contributed by atoms with Crippen molar-refractivity contribution >= 4 is 89.2 Å². The van der Waals surface area contributed by atoms with Crippen molar-refractivity contribution in [2.45, 2.75) is 37.6 Å². The molecular formula is C76H56N4O. The van der Waals surface area contributed by atoms with E-state index in [9.17, 15) is 0 Å². The van der Waals surface area contributed by atoms with Crippen molar-refractivity contribution in [2.24, 2.45) is 0 Å². The lowest BCUT2D eigenvalue weighted by Gasteiger charge is -2.35. The van der Waals surface area contributed by atoms with Crippen LogP contribution in [0.1, 0.15) is 37.5 Å². The van der Waals surface area contributed by atoms with Gasteiger partial charge in [0.25, 0.3) is 0 Å². The number of hydrogen-bond donors (Lipinski definition) is 0. The maximum atomic E-state index is 7.43. The zero-order valence-corrected chi connectivity index (χ0v) is 45.3. The molecule has 13 aromatic rings. The zero-order chi connectivity index (χ0) is 54.0. The molecule has 0 bridgehead atoms. The Labute approximate surface area is 471 Å². The van der Waals surface area contributed by atoms with Crippen LogP contribution in [0.4, 0.5) is 45.5 Å². The minimum absolute atomic E-state index is 0.0362. The Morgan fingerprint density at radius 2 is 0.938 bits per heavy atom. The minimum Gasteiger partial charge on any atom is -0.455 e. The van der Waals surface area contributed by atoms with Crippen molar-refractivity contribution in [3.8, 4) is 27.9 Å². The Balaban J connectivity index is 0.764. The van der Waals surface area contributed by atoms with Crippen LogP contribution in [0.25, 0.3) is 71.7 Å². The van der Waals surface area contributed by atoms with E-state index in [-0.39, 0.29) is 16.9 Å². The number of fused-ring (bicyclic) bond motifs is 14. The average Bonchev–Trinajstić information content (AvgIpc) is 4.32. The molecule has 5 heteroatoms. The number of rotatable bonds is 9. The molecule has 3 heterocycles. The third kappa shape index (κ3) is 7.11. The first-order chi connectivity index (χ1) is 39.8. The maximum absolute atomic E-state index is 7.43. The molecule has 2 atom stereocenters. The van der Waals surface area contributed by atoms with E-state index in [1.54, 1.807) is 0 Å². The molecule has 386 valence electrons. The number of allylic oxidation sites excluding steroid dienone is 2. The molecule has 0 radical (unpaired) electrons. The van der Waals surface area contributed by atoms with Gasteiger partial charge in [-0.2, -0.15) is 0 Å². The minimum atomic E-state index is -0.362. The van der Waals surface area contributed by atoms with Crippen LogP contribution < -0.4 is 14.7 Å². The number of benzene rings is 11. The van der Waals surface area contributed by atoms with E-state index >= 15 is 0 Å². The van der Waals surface area contributed by atoms with Crippen molar-refractivity contribution in [1.82, 2.24) is 4.57 Å². The lowest BCUT2D eigenvalue weighted by molar-refractivity contribution is 0.544. The van der Waals surface area contributed by atoms with E-state index < -0.39 is 0 Å². The van der Waals surface area contributed by atoms with E-state index in [0.29, 0.717) is 0 Å². The lowest BCUT2D eigenvalue weighted by atomic mass is 9.75. The van der Waals surface area contributed by atoms with Gasteiger partial charge in [-0.05, 0) is 168 Å². The molecule has 2 aromatic heterocycles. The van der Waals surface area contributed by atoms with Gasteiger partial charge in [0.2, 0.25) is 0 Å². The highest BCUT2D eigenvalue weighted by Crippen LogP contribution is 2.56. The second-order valence-corrected chi connectivity index (χ2v) is 22.7. The topological polar surface area (TPSA) is 27.8 Å². The van der Waals surface area contributed by atoms with Gasteiger partial charge in [-0.3, -0.25) is 0 Å². The Bertz CT molecular complexity index is 4630. The number of anilines is 8. The molecule has 0 N–H and O–H groups in total. The van der Waals surface area contributed by atoms with Gasteiger partial charge >= 0.3 is 0 Å². The Morgan fingerprint density at radius 1 is 0.407 bits per heavy atom. The van der Waals surface area contributed by atoms with Crippen molar-refractivity contribution in [3.05, 3.63) is 296 Å². The monoisotopic (exact) mass is 1040 g/mol. The molecular weight excluding hydrogens is 985 g/mol. The van der Waals surface area contributed by atoms with Gasteiger partial charge in [0.05, 0.1) is 22.5 Å². The summed E-state index contributed by atoms with van der Waals surface area (Å²) in [5, 5.41) is 4.55. The van der Waals surface area contributed by atoms with Crippen molar-refractivity contribution in [3.63, 3.8) is 0 Å². The van der Waals surface area contributed by atoms with E-state index in [2.05, 4.69) is 319 Å². The predicted octanol–water partition coefficient (Wildman–Crippen LogP) is 20.5. The van der Waals surface area contributed by atoms with Gasteiger partial charge < -0.3 is 23.7 Å². The van der Waals surface area contributed by atoms with Crippen molar-refractivity contribution < 1.29 is 4.42 Å². The highest BCUT2D eigenvalue weighted by atomic mass is 16.3. The molecule has 0 amide bonds. The van der Waals surface area contributed by atoms with Crippen LogP contribution in [0.3, 0.4) is 0 Å². The summed E-state index contributed by atoms with van der Waals surface area (Å²) in [6.07, 6.45) is 9.15. The van der Waals surface area contributed by atoms with E-state index in [1.165, 1.54) is 33.2 Å². The standard InChI is InChI=1S/C76H56N4O/c1-75(2)65-27-15-13-25-60(65)61-43-42-59(49-66(61)75)78(54-23-11-6-12-24-54)56-38-40-58(41-39-56)80-69-47-45-63-62-44-46-68-71(73(62)81-74(63)72(69)76(3)48-18-17-29-70(76)80)64-26-14-16-28-67(64)79(68)57-36-32-51(33-37-57)50-30-34-55(35-31-50)77(52-19-7-4-8-20-52)53-21-9-5-10-22-53/h4-49,70H,1-3H3. The first-order valence-corrected chi connectivity index (χ1v) is 28.2. The first-order valence-electron chi connectivity index (χ1n) is 28.2. The molecule has 5 nitrogen and oxygen atoms in total. The average molecular weight is 1040 g/mol. The van der Waals surface area contributed by atoms with Crippen LogP contribution >= 0.6 is 0 Å². The molecule has 81 heavy (non-hydrogen) atoms. The van der Waals surface area contributed by atoms with Gasteiger partial charge in [0, 0.05) is 83.7 Å². The molecule has 1 aliphatic heterocycles. The van der Waals surface area contributed by atoms with Gasteiger partial charge in [-0.1, -0.05) is 166 Å². The fourth-order valence-electron chi connectivity index (χ4n) is 13.9. The molecule has 16 rings (SSSR count). The van der Waals surface area contributed by atoms with Crippen LogP contribution in [0.2, 0.25) is 0 Å². The Hall–Kier alpha value is -10.1. The second kappa shape index (κ2) is 18.0. The molecule has 0 saturated heterocycles. The van der Waals surface area contributed by atoms with Crippen LogP contribution in [0, 0.1) is 0 Å². The third-order valence-corrected chi connectivity index (χ3v) is 17.8. The molecule has 0 fully saturated rings. The van der Waals surface area contributed by atoms with Crippen LogP contribution in [0.15, 0.2) is 284 Å². The van der Waals surface area contributed by atoms with Crippen LogP contribution in [0.5, 0.6) is 0 Å². The van der Waals surface area contributed by atoms with Crippen LogP contribution in [-0.2, 0) is 10.8 Å². The number of aromatic nitrogens is 1. The summed E-state index contributed by atoms with van der Waals surface area (Å²) in [6, 6.07) is 92.8. The lowest BCUT2D eigenvalue weighted by Crippen LogP contribution is -2.39. The normalized spacial score (nSPS) is 16.5. The fourth-order valence-corrected chi connectivity index (χ4v) is 13.9. The number of furan rings is 1. The first kappa shape index (κ1) is 46.9. The Morgan fingerprint density at radius 3 is 1.63 bits per heavy atom. The molecule has 3 aliphatic rings. The van der Waals surface area contributed by atoms with E-state index in [1.807, 2.05) is 0 Å². The molecule has 11 aromatic carbocycles. The Kier molecular flexibility index (Phi) is 10.4. The van der Waals surface area contributed by atoms with Gasteiger partial charge in [0.1, 0.15) is 11.2 Å². The number of hydrogen-bond acceptors (Lipinski definition) is 4. The van der Waals surface area contributed by atoms with Crippen molar-refractivity contribution in [2.75, 3.05) is 14.7 Å². The summed E-state index contributed by atoms with van der Waals surface area (Å²) in [6.45, 7) is 7.09. The number of para-hydroxylation sites is 4. The van der Waals surface area contributed by atoms with Gasteiger partial charge in [-0.25, -0.2) is 0 Å². The predicted molar refractivity (Wildman–Crippen MR) is 338 cm³/mol. The van der Waals surface area contributed by atoms with Gasteiger partial charge in [0.15, 0.2) is 0 Å². The maximum Gasteiger partial charge on any atom is 0.145 e. The summed E-state index contributed by atoms with van der Waals surface area (Å²) in [4.78, 5) is 7.22. The second-order valence-electron chi connectivity index (χ2n) is 22.7. The fraction of sp³-hybridized carbons (Fsp3) is 0.0789. The number of nitrogens with zero attached hydrogens (tertiary/aromatic N) is 4. The summed E-state index contributed by atoms with van der Waals surface area (Å²) < 4.78 is 9.83. The van der Waals surface area contributed by atoms with E-state index in [4.69, 9.17) is 4.42 Å². The summed E-state index contributed by atoms with van der Waals surface area (Å²) in [5.74, 6) is 0. The highest BCUT2D eigenvalue weighted by Gasteiger charge is 2.49. The molecule has 0 spiro atoms. The summed E-state index contributed by atoms with van der Waals surface area (Å²) >= 11 is 0. The molecule has 0 saturated carbocycles. The largest absolute Gasteiger partial charge is 0.455 e. The van der Waals surface area contributed by atoms with Gasteiger partial charge in [-0.15, -0.1) is 0 Å². The smallest absolute Gasteiger partial charge is 0.145 e. The third-order valence-electron chi connectivity index (χ3n) is 17.8. The quantitative estimate of drug-likeness (QED) is 0.144.